The summed E-state index contributed by atoms with van der Waals surface area (Å²) < 4.78 is 0. The molecule has 0 bridgehead atoms. The van der Waals surface area contributed by atoms with Crippen molar-refractivity contribution in [3.63, 3.8) is 0 Å². The van der Waals surface area contributed by atoms with E-state index >= 15 is 0 Å². The fraction of sp³-hybridized carbons (Fsp3) is 0.462. The molecule has 1 aromatic rings. The number of hydrogen-bond acceptors (Lipinski definition) is 3. The Bertz CT molecular complexity index is 389. The van der Waals surface area contributed by atoms with Crippen LogP contribution >= 0.6 is 0 Å². The minimum atomic E-state index is 0.103. The molecule has 94 valence electrons. The minimum Gasteiger partial charge on any atom is -0.508 e. The average Bonchev–Trinajstić information content (AvgIpc) is 2.28. The van der Waals surface area contributed by atoms with Gasteiger partial charge in [0.2, 0.25) is 5.91 Å². The van der Waals surface area contributed by atoms with Gasteiger partial charge in [0.15, 0.2) is 0 Å². The maximum atomic E-state index is 11.3. The number of aryl methyl sites for hydroxylation is 1. The van der Waals surface area contributed by atoms with Crippen molar-refractivity contribution in [2.75, 3.05) is 20.6 Å². The fourth-order valence-corrected chi connectivity index (χ4v) is 1.50. The predicted molar refractivity (Wildman–Crippen MR) is 67.9 cm³/mol. The molecule has 1 rings (SSSR count). The zero-order valence-electron chi connectivity index (χ0n) is 10.7. The van der Waals surface area contributed by atoms with Gasteiger partial charge in [0.1, 0.15) is 5.75 Å². The highest BCUT2D eigenvalue weighted by atomic mass is 16.3. The van der Waals surface area contributed by atoms with Crippen LogP contribution in [0.25, 0.3) is 0 Å². The molecule has 0 radical (unpaired) electrons. The minimum absolute atomic E-state index is 0.103. The van der Waals surface area contributed by atoms with Gasteiger partial charge < -0.3 is 15.3 Å². The number of aromatic hydroxyl groups is 1. The molecule has 0 saturated carbocycles. The lowest BCUT2D eigenvalue weighted by atomic mass is 10.1. The van der Waals surface area contributed by atoms with Crippen molar-refractivity contribution in [1.29, 1.82) is 0 Å². The Morgan fingerprint density at radius 1 is 1.41 bits per heavy atom. The molecule has 1 amide bonds. The molecule has 4 heteroatoms. The second kappa shape index (κ2) is 6.25. The number of carbonyl (C=O) groups is 1. The van der Waals surface area contributed by atoms with Gasteiger partial charge in [0.25, 0.3) is 0 Å². The van der Waals surface area contributed by atoms with Gasteiger partial charge in [-0.1, -0.05) is 17.7 Å². The number of rotatable bonds is 5. The van der Waals surface area contributed by atoms with Gasteiger partial charge in [-0.2, -0.15) is 0 Å². The highest BCUT2D eigenvalue weighted by Gasteiger charge is 2.04. The Morgan fingerprint density at radius 2 is 2.12 bits per heavy atom. The normalized spacial score (nSPS) is 10.3. The molecule has 2 N–H and O–H groups in total. The van der Waals surface area contributed by atoms with Gasteiger partial charge in [-0.05, 0) is 13.0 Å². The molecule has 0 aliphatic carbocycles. The molecule has 0 atom stereocenters. The average molecular weight is 236 g/mol. The van der Waals surface area contributed by atoms with Crippen LogP contribution in [-0.4, -0.2) is 36.6 Å². The summed E-state index contributed by atoms with van der Waals surface area (Å²) in [5.41, 5.74) is 1.98. The lowest BCUT2D eigenvalue weighted by molar-refractivity contribution is -0.128. The lowest BCUT2D eigenvalue weighted by Crippen LogP contribution is -2.26. The third-order valence-electron chi connectivity index (χ3n) is 2.56. The summed E-state index contributed by atoms with van der Waals surface area (Å²) in [6, 6.07) is 5.50. The van der Waals surface area contributed by atoms with Gasteiger partial charge in [0, 0.05) is 39.2 Å². The number of hydrogen-bond donors (Lipinski definition) is 2. The van der Waals surface area contributed by atoms with Crippen LogP contribution in [0.1, 0.15) is 17.5 Å². The first-order chi connectivity index (χ1) is 8.00. The number of benzene rings is 1. The van der Waals surface area contributed by atoms with E-state index < -0.39 is 0 Å². The van der Waals surface area contributed by atoms with Crippen molar-refractivity contribution in [3.05, 3.63) is 29.3 Å². The molecule has 4 nitrogen and oxygen atoms in total. The molecular weight excluding hydrogens is 216 g/mol. The maximum absolute atomic E-state index is 11.3. The summed E-state index contributed by atoms with van der Waals surface area (Å²) in [5, 5.41) is 12.8. The summed E-state index contributed by atoms with van der Waals surface area (Å²) in [4.78, 5) is 12.9. The van der Waals surface area contributed by atoms with E-state index in [9.17, 15) is 9.90 Å². The highest BCUT2D eigenvalue weighted by Crippen LogP contribution is 2.17. The molecule has 1 aromatic carbocycles. The number of phenols is 1. The summed E-state index contributed by atoms with van der Waals surface area (Å²) in [7, 11) is 3.49. The van der Waals surface area contributed by atoms with Gasteiger partial charge >= 0.3 is 0 Å². The summed E-state index contributed by atoms with van der Waals surface area (Å²) in [6.07, 6.45) is 0.472. The quantitative estimate of drug-likeness (QED) is 0.757. The molecule has 0 spiro atoms. The first kappa shape index (κ1) is 13.5. The van der Waals surface area contributed by atoms with E-state index in [4.69, 9.17) is 0 Å². The third-order valence-corrected chi connectivity index (χ3v) is 2.56. The van der Waals surface area contributed by atoms with Crippen LogP contribution in [0.2, 0.25) is 0 Å². The number of amides is 1. The summed E-state index contributed by atoms with van der Waals surface area (Å²) >= 11 is 0. The fourth-order valence-electron chi connectivity index (χ4n) is 1.50. The number of nitrogens with one attached hydrogen (secondary N) is 1. The summed E-state index contributed by atoms with van der Waals surface area (Å²) in [6.45, 7) is 3.18. The number of phenolic OH excluding ortho intramolecular Hbond substituents is 1. The molecule has 0 aromatic heterocycles. The van der Waals surface area contributed by atoms with E-state index in [2.05, 4.69) is 5.32 Å². The molecule has 17 heavy (non-hydrogen) atoms. The monoisotopic (exact) mass is 236 g/mol. The third kappa shape index (κ3) is 4.44. The van der Waals surface area contributed by atoms with Gasteiger partial charge in [-0.15, -0.1) is 0 Å². The first-order valence-corrected chi connectivity index (χ1v) is 5.70. The Balaban J connectivity index is 2.36. The van der Waals surface area contributed by atoms with E-state index in [0.717, 1.165) is 11.1 Å². The number of nitrogens with zero attached hydrogens (tertiary/aromatic N) is 1. The predicted octanol–water partition coefficient (Wildman–Crippen LogP) is 1.27. The molecule has 0 unspecified atom stereocenters. The van der Waals surface area contributed by atoms with E-state index in [1.54, 1.807) is 25.1 Å². The van der Waals surface area contributed by atoms with Crippen molar-refractivity contribution >= 4 is 5.91 Å². The van der Waals surface area contributed by atoms with Crippen molar-refractivity contribution < 1.29 is 9.90 Å². The standard InChI is InChI=1S/C13H20N2O2/c1-10-4-5-12(16)11(8-10)9-14-7-6-13(17)15(2)3/h4-5,8,14,16H,6-7,9H2,1-3H3. The van der Waals surface area contributed by atoms with Gasteiger partial charge in [-0.3, -0.25) is 4.79 Å². The molecule has 0 saturated heterocycles. The highest BCUT2D eigenvalue weighted by molar-refractivity contribution is 5.75. The van der Waals surface area contributed by atoms with Crippen LogP contribution in [-0.2, 0) is 11.3 Å². The van der Waals surface area contributed by atoms with E-state index in [1.165, 1.54) is 0 Å². The molecule has 0 heterocycles. The van der Waals surface area contributed by atoms with Crippen LogP contribution < -0.4 is 5.32 Å². The lowest BCUT2D eigenvalue weighted by Gasteiger charge is -2.11. The van der Waals surface area contributed by atoms with Crippen molar-refractivity contribution in [2.45, 2.75) is 19.9 Å². The van der Waals surface area contributed by atoms with Crippen LogP contribution in [0.15, 0.2) is 18.2 Å². The van der Waals surface area contributed by atoms with Gasteiger partial charge in [-0.25, -0.2) is 0 Å². The van der Waals surface area contributed by atoms with Crippen molar-refractivity contribution in [3.8, 4) is 5.75 Å². The number of carbonyl (C=O) groups excluding carboxylic acids is 1. The van der Waals surface area contributed by atoms with Crippen molar-refractivity contribution in [1.82, 2.24) is 10.2 Å². The second-order valence-corrected chi connectivity index (χ2v) is 4.35. The van der Waals surface area contributed by atoms with Crippen molar-refractivity contribution in [2.24, 2.45) is 0 Å². The Hall–Kier alpha value is -1.55. The zero-order chi connectivity index (χ0) is 12.8. The SMILES string of the molecule is Cc1ccc(O)c(CNCCC(=O)N(C)C)c1. The van der Waals surface area contributed by atoms with Crippen LogP contribution in [0.4, 0.5) is 0 Å². The largest absolute Gasteiger partial charge is 0.508 e. The molecule has 0 aliphatic heterocycles. The Labute approximate surface area is 102 Å². The maximum Gasteiger partial charge on any atom is 0.223 e. The van der Waals surface area contributed by atoms with Crippen LogP contribution in [0.5, 0.6) is 5.75 Å². The Kier molecular flexibility index (Phi) is 4.97. The second-order valence-electron chi connectivity index (χ2n) is 4.35. The Morgan fingerprint density at radius 3 is 2.76 bits per heavy atom. The van der Waals surface area contributed by atoms with E-state index in [-0.39, 0.29) is 5.91 Å². The van der Waals surface area contributed by atoms with E-state index in [1.807, 2.05) is 19.1 Å². The topological polar surface area (TPSA) is 52.6 Å². The first-order valence-electron chi connectivity index (χ1n) is 5.70. The van der Waals surface area contributed by atoms with E-state index in [0.29, 0.717) is 25.3 Å². The molecule has 0 fully saturated rings. The van der Waals surface area contributed by atoms with Crippen LogP contribution in [0, 0.1) is 6.92 Å². The molecule has 0 aliphatic rings. The smallest absolute Gasteiger partial charge is 0.223 e. The summed E-state index contributed by atoms with van der Waals surface area (Å²) in [5.74, 6) is 0.396. The van der Waals surface area contributed by atoms with Gasteiger partial charge in [0.05, 0.1) is 0 Å². The van der Waals surface area contributed by atoms with Crippen LogP contribution in [0.3, 0.4) is 0 Å². The molecular formula is C13H20N2O2. The zero-order valence-corrected chi connectivity index (χ0v) is 10.7.